The molecule has 0 amide bonds. The van der Waals surface area contributed by atoms with Crippen LogP contribution in [-0.4, -0.2) is 18.5 Å². The molecule has 0 bridgehead atoms. The van der Waals surface area contributed by atoms with Gasteiger partial charge in [-0.3, -0.25) is 0 Å². The smallest absolute Gasteiger partial charge is 0.191 e. The lowest BCUT2D eigenvalue weighted by Crippen LogP contribution is -2.44. The number of benzene rings is 1. The molecule has 0 saturated carbocycles. The van der Waals surface area contributed by atoms with Gasteiger partial charge >= 0.3 is 0 Å². The van der Waals surface area contributed by atoms with Gasteiger partial charge in [0.15, 0.2) is 5.41 Å². The minimum atomic E-state index is -1.68. The van der Waals surface area contributed by atoms with Crippen LogP contribution in [-0.2, 0) is 0 Å². The Hall–Kier alpha value is -2.65. The molecule has 1 aliphatic heterocycles. The molecule has 1 aromatic rings. The van der Waals surface area contributed by atoms with Crippen molar-refractivity contribution >= 4 is 23.2 Å². The Kier molecular flexibility index (Phi) is 4.59. The largest absolute Gasteiger partial charge is 0.399 e. The summed E-state index contributed by atoms with van der Waals surface area (Å²) in [6.45, 7) is 0.731. The maximum absolute atomic E-state index is 9.96. The van der Waals surface area contributed by atoms with Crippen LogP contribution in [0.2, 0.25) is 10.0 Å². The van der Waals surface area contributed by atoms with Gasteiger partial charge < -0.3 is 10.6 Å². The van der Waals surface area contributed by atoms with E-state index in [4.69, 9.17) is 28.9 Å². The first-order valence-corrected chi connectivity index (χ1v) is 8.76. The highest BCUT2D eigenvalue weighted by atomic mass is 35.5. The second-order valence-corrected chi connectivity index (χ2v) is 7.30. The molecule has 0 aromatic heterocycles. The van der Waals surface area contributed by atoms with Crippen LogP contribution >= 0.6 is 23.2 Å². The van der Waals surface area contributed by atoms with Gasteiger partial charge in [-0.25, -0.2) is 0 Å². The second-order valence-electron chi connectivity index (χ2n) is 6.51. The van der Waals surface area contributed by atoms with Crippen LogP contribution < -0.4 is 5.73 Å². The third-order valence-corrected chi connectivity index (χ3v) is 6.02. The van der Waals surface area contributed by atoms with Crippen molar-refractivity contribution in [1.29, 1.82) is 15.8 Å². The molecule has 3 rings (SSSR count). The predicted molar refractivity (Wildman–Crippen MR) is 98.5 cm³/mol. The van der Waals surface area contributed by atoms with Gasteiger partial charge in [0.2, 0.25) is 0 Å². The second kappa shape index (κ2) is 6.58. The molecule has 2 atom stereocenters. The van der Waals surface area contributed by atoms with Gasteiger partial charge in [-0.15, -0.1) is 0 Å². The molecule has 26 heavy (non-hydrogen) atoms. The van der Waals surface area contributed by atoms with E-state index >= 15 is 0 Å². The first-order chi connectivity index (χ1) is 12.4. The summed E-state index contributed by atoms with van der Waals surface area (Å²) in [5.74, 6) is -0.843. The van der Waals surface area contributed by atoms with Gasteiger partial charge in [0.05, 0.1) is 33.5 Å². The van der Waals surface area contributed by atoms with Crippen LogP contribution in [0.4, 0.5) is 0 Å². The maximum atomic E-state index is 9.96. The van der Waals surface area contributed by atoms with Crippen LogP contribution in [0, 0.1) is 45.3 Å². The normalized spacial score (nSPS) is 24.0. The van der Waals surface area contributed by atoms with Crippen LogP contribution in [0.15, 0.2) is 41.2 Å². The van der Waals surface area contributed by atoms with Crippen molar-refractivity contribution < 1.29 is 0 Å². The Balaban J connectivity index is 2.39. The number of nitriles is 3. The van der Waals surface area contributed by atoms with Crippen molar-refractivity contribution in [2.24, 2.45) is 17.1 Å². The molecule has 0 saturated heterocycles. The molecule has 5 nitrogen and oxygen atoms in total. The van der Waals surface area contributed by atoms with Crippen LogP contribution in [0.25, 0.3) is 0 Å². The number of fused-ring (bicyclic) bond motifs is 1. The molecule has 7 heteroatoms. The summed E-state index contributed by atoms with van der Waals surface area (Å²) in [6.07, 6.45) is 2.53. The summed E-state index contributed by atoms with van der Waals surface area (Å²) >= 11 is 12.6. The lowest BCUT2D eigenvalue weighted by atomic mass is 9.57. The van der Waals surface area contributed by atoms with E-state index < -0.39 is 11.3 Å². The minimum Gasteiger partial charge on any atom is -0.399 e. The Morgan fingerprint density at radius 3 is 2.54 bits per heavy atom. The Bertz CT molecular complexity index is 944. The quantitative estimate of drug-likeness (QED) is 0.796. The third kappa shape index (κ3) is 2.43. The number of halogens is 2. The maximum Gasteiger partial charge on any atom is 0.191 e. The average molecular weight is 384 g/mol. The summed E-state index contributed by atoms with van der Waals surface area (Å²) < 4.78 is 0. The van der Waals surface area contributed by atoms with Crippen molar-refractivity contribution in [1.82, 2.24) is 4.90 Å². The Morgan fingerprint density at radius 2 is 1.92 bits per heavy atom. The third-order valence-electron chi connectivity index (χ3n) is 5.18. The first kappa shape index (κ1) is 18.2. The Morgan fingerprint density at radius 1 is 1.23 bits per heavy atom. The van der Waals surface area contributed by atoms with E-state index in [1.165, 1.54) is 0 Å². The van der Waals surface area contributed by atoms with E-state index in [0.717, 1.165) is 12.1 Å². The van der Waals surface area contributed by atoms with E-state index in [9.17, 15) is 15.8 Å². The number of nitrogens with zero attached hydrogens (tertiary/aromatic N) is 4. The number of hydrogen-bond donors (Lipinski definition) is 1. The highest BCUT2D eigenvalue weighted by Crippen LogP contribution is 2.56. The highest BCUT2D eigenvalue weighted by molar-refractivity contribution is 6.42. The molecule has 2 N–H and O–H groups in total. The molecule has 1 heterocycles. The van der Waals surface area contributed by atoms with Crippen LogP contribution in [0.3, 0.4) is 0 Å². The molecule has 1 aromatic carbocycles. The zero-order valence-corrected chi connectivity index (χ0v) is 15.5. The van der Waals surface area contributed by atoms with Gasteiger partial charge in [-0.1, -0.05) is 35.3 Å². The molecule has 0 unspecified atom stereocenters. The van der Waals surface area contributed by atoms with E-state index in [-0.39, 0.29) is 17.2 Å². The summed E-state index contributed by atoms with van der Waals surface area (Å²) in [4.78, 5) is 1.97. The fourth-order valence-corrected chi connectivity index (χ4v) is 4.36. The number of rotatable bonds is 1. The van der Waals surface area contributed by atoms with E-state index in [2.05, 4.69) is 18.2 Å². The molecule has 0 fully saturated rings. The number of nitrogens with two attached hydrogens (primary N) is 1. The molecule has 0 spiro atoms. The zero-order valence-electron chi connectivity index (χ0n) is 14.0. The van der Waals surface area contributed by atoms with Gasteiger partial charge in [0.1, 0.15) is 6.07 Å². The summed E-state index contributed by atoms with van der Waals surface area (Å²) in [5.41, 5.74) is 6.07. The molecule has 2 aliphatic rings. The predicted octanol–water partition coefficient (Wildman–Crippen LogP) is 3.70. The van der Waals surface area contributed by atoms with Crippen LogP contribution in [0.5, 0.6) is 0 Å². The molecule has 0 radical (unpaired) electrons. The van der Waals surface area contributed by atoms with Crippen LogP contribution in [0.1, 0.15) is 17.9 Å². The summed E-state index contributed by atoms with van der Waals surface area (Å²) in [5, 5.41) is 30.2. The van der Waals surface area contributed by atoms with E-state index in [1.807, 2.05) is 18.1 Å². The standard InChI is InChI=1S/C19H15Cl2N5/c1-26-6-5-11-14(8-26)13(7-22)18(25)19(9-23,10-24)16(11)12-3-2-4-15(20)17(12)21/h2-4,8,11,16H,5-6,25H2,1H3/t11-,16-/m1/s1. The minimum absolute atomic E-state index is 0.0242. The van der Waals surface area contributed by atoms with Gasteiger partial charge in [0, 0.05) is 25.7 Å². The van der Waals surface area contributed by atoms with Gasteiger partial charge in [-0.2, -0.15) is 15.8 Å². The summed E-state index contributed by atoms with van der Waals surface area (Å²) in [6, 6.07) is 11.4. The highest BCUT2D eigenvalue weighted by Gasteiger charge is 2.54. The monoisotopic (exact) mass is 383 g/mol. The zero-order chi connectivity index (χ0) is 19.1. The van der Waals surface area contributed by atoms with Crippen molar-refractivity contribution in [2.75, 3.05) is 13.6 Å². The lowest BCUT2D eigenvalue weighted by molar-refractivity contribution is 0.275. The molecular weight excluding hydrogens is 369 g/mol. The summed E-state index contributed by atoms with van der Waals surface area (Å²) in [7, 11) is 1.91. The topological polar surface area (TPSA) is 101 Å². The molecule has 1 aliphatic carbocycles. The lowest BCUT2D eigenvalue weighted by Gasteiger charge is -2.44. The fourth-order valence-electron chi connectivity index (χ4n) is 3.93. The number of allylic oxidation sites excluding steroid dienone is 3. The average Bonchev–Trinajstić information content (AvgIpc) is 2.64. The number of hydrogen-bond acceptors (Lipinski definition) is 5. The SMILES string of the molecule is CN1C=C2C(C#N)=C(N)C(C#N)(C#N)[C@@H](c3cccc(Cl)c3Cl)[C@@H]2CC1. The van der Waals surface area contributed by atoms with Gasteiger partial charge in [-0.05, 0) is 29.5 Å². The molecule has 130 valence electrons. The van der Waals surface area contributed by atoms with E-state index in [0.29, 0.717) is 22.0 Å². The Labute approximate surface area is 162 Å². The fraction of sp³-hybridized carbons (Fsp3) is 0.316. The van der Waals surface area contributed by atoms with Crippen molar-refractivity contribution in [2.45, 2.75) is 12.3 Å². The van der Waals surface area contributed by atoms with E-state index in [1.54, 1.807) is 18.2 Å². The van der Waals surface area contributed by atoms with Gasteiger partial charge in [0.25, 0.3) is 0 Å². The van der Waals surface area contributed by atoms with Crippen molar-refractivity contribution in [3.8, 4) is 18.2 Å². The molecular formula is C19H15Cl2N5. The van der Waals surface area contributed by atoms with Crippen molar-refractivity contribution in [3.63, 3.8) is 0 Å². The van der Waals surface area contributed by atoms with Crippen molar-refractivity contribution in [3.05, 3.63) is 56.9 Å². The first-order valence-electron chi connectivity index (χ1n) is 8.00.